The molecule has 0 aromatic carbocycles. The highest BCUT2D eigenvalue weighted by Crippen LogP contribution is 2.25. The first-order chi connectivity index (χ1) is 10.8. The van der Waals surface area contributed by atoms with E-state index >= 15 is 0 Å². The molecule has 1 aliphatic heterocycles. The second-order valence-electron chi connectivity index (χ2n) is 5.44. The van der Waals surface area contributed by atoms with Crippen molar-refractivity contribution in [3.8, 4) is 11.4 Å². The lowest BCUT2D eigenvalue weighted by atomic mass is 9.95. The number of nitrogens with zero attached hydrogens (tertiary/aromatic N) is 5. The predicted octanol–water partition coefficient (Wildman–Crippen LogP) is 2.31. The van der Waals surface area contributed by atoms with Crippen molar-refractivity contribution in [3.63, 3.8) is 0 Å². The van der Waals surface area contributed by atoms with Crippen molar-refractivity contribution in [2.75, 3.05) is 13.1 Å². The summed E-state index contributed by atoms with van der Waals surface area (Å²) in [5.41, 5.74) is 2.70. The van der Waals surface area contributed by atoms with E-state index in [1.807, 2.05) is 10.6 Å². The third-order valence-electron chi connectivity index (χ3n) is 4.01. The molecule has 0 spiro atoms. The number of halogens is 1. The van der Waals surface area contributed by atoms with Crippen LogP contribution < -0.4 is 5.32 Å². The number of aromatic nitrogens is 5. The second-order valence-corrected chi connectivity index (χ2v) is 5.88. The predicted molar refractivity (Wildman–Crippen MR) is 83.9 cm³/mol. The molecule has 1 N–H and O–H groups in total. The van der Waals surface area contributed by atoms with Crippen LogP contribution in [0.1, 0.15) is 24.5 Å². The molecule has 0 atom stereocenters. The highest BCUT2D eigenvalue weighted by atomic mass is 35.5. The number of rotatable bonds is 2. The number of hydrogen-bond donors (Lipinski definition) is 1. The van der Waals surface area contributed by atoms with Crippen molar-refractivity contribution < 1.29 is 0 Å². The lowest BCUT2D eigenvalue weighted by Crippen LogP contribution is -2.27. The second kappa shape index (κ2) is 5.62. The van der Waals surface area contributed by atoms with Gasteiger partial charge in [0.25, 0.3) is 0 Å². The van der Waals surface area contributed by atoms with Crippen LogP contribution in [0, 0.1) is 0 Å². The molecule has 3 aromatic rings. The van der Waals surface area contributed by atoms with Crippen LogP contribution in [-0.4, -0.2) is 37.4 Å². The standard InChI is InChI=1S/C15H15ClN6/c16-11-5-19-15-20-8-14(22(15)9-11)13-7-18-6-12(21-13)10-1-3-17-4-2-10/h5-10,17H,1-4H2. The van der Waals surface area contributed by atoms with Crippen molar-refractivity contribution in [1.29, 1.82) is 0 Å². The van der Waals surface area contributed by atoms with Gasteiger partial charge in [0.2, 0.25) is 5.78 Å². The Labute approximate surface area is 132 Å². The SMILES string of the molecule is Clc1cnc2ncc(-c3cncc(C4CCNCC4)n3)n2c1. The van der Waals surface area contributed by atoms with Crippen LogP contribution in [0.4, 0.5) is 0 Å². The summed E-state index contributed by atoms with van der Waals surface area (Å²) < 4.78 is 1.85. The number of fused-ring (bicyclic) bond motifs is 1. The average molecular weight is 315 g/mol. The third kappa shape index (κ3) is 2.44. The Morgan fingerprint density at radius 1 is 1.09 bits per heavy atom. The molecule has 112 valence electrons. The molecule has 4 heterocycles. The summed E-state index contributed by atoms with van der Waals surface area (Å²) in [5, 5.41) is 3.94. The molecule has 0 saturated carbocycles. The maximum absolute atomic E-state index is 6.03. The van der Waals surface area contributed by atoms with Crippen LogP contribution in [-0.2, 0) is 0 Å². The van der Waals surface area contributed by atoms with Crippen LogP contribution in [0.15, 0.2) is 31.0 Å². The van der Waals surface area contributed by atoms with Gasteiger partial charge in [0, 0.05) is 18.3 Å². The summed E-state index contributed by atoms with van der Waals surface area (Å²) in [6.45, 7) is 2.07. The van der Waals surface area contributed by atoms with Crippen molar-refractivity contribution >= 4 is 17.4 Å². The van der Waals surface area contributed by atoms with Gasteiger partial charge in [-0.05, 0) is 25.9 Å². The van der Waals surface area contributed by atoms with Gasteiger partial charge in [-0.1, -0.05) is 11.6 Å². The minimum absolute atomic E-state index is 0.467. The van der Waals surface area contributed by atoms with E-state index in [9.17, 15) is 0 Å². The van der Waals surface area contributed by atoms with E-state index < -0.39 is 0 Å². The third-order valence-corrected chi connectivity index (χ3v) is 4.20. The van der Waals surface area contributed by atoms with E-state index in [2.05, 4.69) is 20.3 Å². The fourth-order valence-corrected chi connectivity index (χ4v) is 3.00. The zero-order chi connectivity index (χ0) is 14.9. The Bertz CT molecular complexity index is 809. The highest BCUT2D eigenvalue weighted by Gasteiger charge is 2.18. The average Bonchev–Trinajstić information content (AvgIpc) is 2.99. The Hall–Kier alpha value is -2.05. The molecule has 0 bridgehead atoms. The van der Waals surface area contributed by atoms with Crippen molar-refractivity contribution in [1.82, 2.24) is 29.7 Å². The fourth-order valence-electron chi connectivity index (χ4n) is 2.86. The molecule has 0 radical (unpaired) electrons. The number of imidazole rings is 1. The first kappa shape index (κ1) is 13.6. The minimum atomic E-state index is 0.467. The monoisotopic (exact) mass is 314 g/mol. The van der Waals surface area contributed by atoms with E-state index in [0.29, 0.717) is 16.7 Å². The van der Waals surface area contributed by atoms with Gasteiger partial charge in [-0.3, -0.25) is 9.38 Å². The molecule has 3 aromatic heterocycles. The number of piperidine rings is 1. The van der Waals surface area contributed by atoms with Gasteiger partial charge in [-0.2, -0.15) is 0 Å². The van der Waals surface area contributed by atoms with E-state index in [1.165, 1.54) is 0 Å². The molecule has 1 fully saturated rings. The van der Waals surface area contributed by atoms with Gasteiger partial charge in [0.05, 0.1) is 35.0 Å². The molecule has 0 amide bonds. The molecule has 1 aliphatic rings. The van der Waals surface area contributed by atoms with Gasteiger partial charge >= 0.3 is 0 Å². The van der Waals surface area contributed by atoms with Crippen LogP contribution in [0.2, 0.25) is 5.02 Å². The van der Waals surface area contributed by atoms with Gasteiger partial charge in [-0.25, -0.2) is 15.0 Å². The Balaban J connectivity index is 1.76. The van der Waals surface area contributed by atoms with E-state index in [-0.39, 0.29) is 0 Å². The molecule has 1 saturated heterocycles. The smallest absolute Gasteiger partial charge is 0.234 e. The first-order valence-electron chi connectivity index (χ1n) is 7.33. The van der Waals surface area contributed by atoms with Crippen molar-refractivity contribution in [3.05, 3.63) is 41.7 Å². The van der Waals surface area contributed by atoms with E-state index in [0.717, 1.165) is 43.0 Å². The zero-order valence-corrected chi connectivity index (χ0v) is 12.7. The summed E-state index contributed by atoms with van der Waals surface area (Å²) >= 11 is 6.03. The normalized spacial score (nSPS) is 16.2. The van der Waals surface area contributed by atoms with Gasteiger partial charge in [0.15, 0.2) is 0 Å². The topological polar surface area (TPSA) is 68.0 Å². The van der Waals surface area contributed by atoms with Crippen LogP contribution in [0.5, 0.6) is 0 Å². The maximum Gasteiger partial charge on any atom is 0.234 e. The Morgan fingerprint density at radius 3 is 2.77 bits per heavy atom. The Kier molecular flexibility index (Phi) is 3.48. The number of hydrogen-bond acceptors (Lipinski definition) is 5. The number of nitrogens with one attached hydrogen (secondary N) is 1. The lowest BCUT2D eigenvalue weighted by molar-refractivity contribution is 0.452. The minimum Gasteiger partial charge on any atom is -0.317 e. The molecule has 7 heteroatoms. The van der Waals surface area contributed by atoms with Crippen molar-refractivity contribution in [2.24, 2.45) is 0 Å². The molecule has 6 nitrogen and oxygen atoms in total. The maximum atomic E-state index is 6.03. The van der Waals surface area contributed by atoms with Crippen LogP contribution >= 0.6 is 11.6 Å². The summed E-state index contributed by atoms with van der Waals surface area (Å²) in [7, 11) is 0. The largest absolute Gasteiger partial charge is 0.317 e. The lowest BCUT2D eigenvalue weighted by Gasteiger charge is -2.22. The summed E-state index contributed by atoms with van der Waals surface area (Å²) in [6.07, 6.45) is 11.0. The first-order valence-corrected chi connectivity index (χ1v) is 7.71. The van der Waals surface area contributed by atoms with Crippen LogP contribution in [0.3, 0.4) is 0 Å². The van der Waals surface area contributed by atoms with Gasteiger partial charge in [-0.15, -0.1) is 0 Å². The molecule has 4 rings (SSSR count). The molecule has 0 aliphatic carbocycles. The van der Waals surface area contributed by atoms with Crippen LogP contribution in [0.25, 0.3) is 17.2 Å². The quantitative estimate of drug-likeness (QED) is 0.786. The highest BCUT2D eigenvalue weighted by molar-refractivity contribution is 6.30. The van der Waals surface area contributed by atoms with E-state index in [4.69, 9.17) is 16.6 Å². The molecular formula is C15H15ClN6. The zero-order valence-electron chi connectivity index (χ0n) is 11.9. The van der Waals surface area contributed by atoms with Gasteiger partial charge in [0.1, 0.15) is 5.69 Å². The Morgan fingerprint density at radius 2 is 1.91 bits per heavy atom. The van der Waals surface area contributed by atoms with E-state index in [1.54, 1.807) is 24.8 Å². The van der Waals surface area contributed by atoms with Crippen molar-refractivity contribution in [2.45, 2.75) is 18.8 Å². The fraction of sp³-hybridized carbons (Fsp3) is 0.333. The van der Waals surface area contributed by atoms with Gasteiger partial charge < -0.3 is 5.32 Å². The summed E-state index contributed by atoms with van der Waals surface area (Å²) in [6, 6.07) is 0. The summed E-state index contributed by atoms with van der Waals surface area (Å²) in [4.78, 5) is 17.7. The molecular weight excluding hydrogens is 300 g/mol. The molecule has 0 unspecified atom stereocenters. The summed E-state index contributed by atoms with van der Waals surface area (Å²) in [5.74, 6) is 1.07. The molecule has 22 heavy (non-hydrogen) atoms.